The molecule has 0 aliphatic carbocycles. The summed E-state index contributed by atoms with van der Waals surface area (Å²) in [5.41, 5.74) is 2.71. The highest BCUT2D eigenvalue weighted by Gasteiger charge is 1.99. The summed E-state index contributed by atoms with van der Waals surface area (Å²) in [6.07, 6.45) is 1.09. The second-order valence-electron chi connectivity index (χ2n) is 2.27. The van der Waals surface area contributed by atoms with Crippen molar-refractivity contribution in [1.29, 1.82) is 0 Å². The van der Waals surface area contributed by atoms with E-state index in [-0.39, 0.29) is 5.82 Å². The van der Waals surface area contributed by atoms with Gasteiger partial charge >= 0.3 is 0 Å². The third-order valence-electron chi connectivity index (χ3n) is 1.50. The van der Waals surface area contributed by atoms with E-state index in [1.165, 1.54) is 6.07 Å². The maximum absolute atomic E-state index is 12.8. The molecule has 0 radical (unpaired) electrons. The van der Waals surface area contributed by atoms with E-state index in [0.29, 0.717) is 11.3 Å². The molecule has 0 atom stereocenters. The van der Waals surface area contributed by atoms with Crippen molar-refractivity contribution in [2.75, 3.05) is 0 Å². The van der Waals surface area contributed by atoms with Crippen LogP contribution in [0, 0.1) is 12.7 Å². The number of hydroxylamine groups is 1. The van der Waals surface area contributed by atoms with Crippen LogP contribution in [0.15, 0.2) is 23.2 Å². The van der Waals surface area contributed by atoms with Crippen molar-refractivity contribution in [3.63, 3.8) is 0 Å². The van der Waals surface area contributed by atoms with Crippen molar-refractivity contribution >= 4 is 12.0 Å². The molecule has 0 unspecified atom stereocenters. The molecule has 64 valence electrons. The zero-order valence-electron chi connectivity index (χ0n) is 6.58. The van der Waals surface area contributed by atoms with Gasteiger partial charge in [-0.3, -0.25) is 10.7 Å². The lowest BCUT2D eigenvalue weighted by Crippen LogP contribution is -2.01. The van der Waals surface area contributed by atoms with E-state index in [1.807, 2.05) is 0 Å². The summed E-state index contributed by atoms with van der Waals surface area (Å²) in [7, 11) is 0. The molecule has 0 bridgehead atoms. The molecule has 0 heterocycles. The van der Waals surface area contributed by atoms with Gasteiger partial charge in [0.2, 0.25) is 0 Å². The fraction of sp³-hybridized carbons (Fsp3) is 0.125. The summed E-state index contributed by atoms with van der Waals surface area (Å²) < 4.78 is 12.8. The van der Waals surface area contributed by atoms with Crippen LogP contribution in [0.1, 0.15) is 5.56 Å². The lowest BCUT2D eigenvalue weighted by atomic mass is 10.2. The van der Waals surface area contributed by atoms with Gasteiger partial charge in [-0.05, 0) is 19.1 Å². The third-order valence-corrected chi connectivity index (χ3v) is 1.50. The minimum atomic E-state index is -0.303. The molecule has 0 saturated carbocycles. The average molecular weight is 168 g/mol. The molecule has 1 aromatic rings. The van der Waals surface area contributed by atoms with E-state index in [0.717, 1.165) is 6.34 Å². The second kappa shape index (κ2) is 3.82. The molecule has 1 rings (SSSR count). The maximum Gasteiger partial charge on any atom is 0.128 e. The molecule has 0 spiro atoms. The first kappa shape index (κ1) is 8.67. The van der Waals surface area contributed by atoms with Crippen molar-refractivity contribution in [1.82, 2.24) is 5.48 Å². The van der Waals surface area contributed by atoms with Gasteiger partial charge in [-0.2, -0.15) is 0 Å². The Balaban J connectivity index is 3.00. The quantitative estimate of drug-likeness (QED) is 0.401. The Hall–Kier alpha value is -1.42. The minimum absolute atomic E-state index is 0.303. The average Bonchev–Trinajstić information content (AvgIpc) is 2.08. The highest BCUT2D eigenvalue weighted by Crippen LogP contribution is 2.19. The van der Waals surface area contributed by atoms with Crippen LogP contribution < -0.4 is 5.48 Å². The summed E-state index contributed by atoms with van der Waals surface area (Å²) in [5.74, 6) is -0.303. The molecule has 1 aromatic carbocycles. The van der Waals surface area contributed by atoms with Crippen LogP contribution in [-0.4, -0.2) is 11.5 Å². The Kier molecular flexibility index (Phi) is 2.76. The van der Waals surface area contributed by atoms with E-state index in [1.54, 1.807) is 24.5 Å². The summed E-state index contributed by atoms with van der Waals surface area (Å²) in [6.45, 7) is 1.62. The largest absolute Gasteiger partial charge is 0.290 e. The smallest absolute Gasteiger partial charge is 0.128 e. The number of nitrogens with one attached hydrogen (secondary N) is 1. The summed E-state index contributed by atoms with van der Waals surface area (Å²) >= 11 is 0. The van der Waals surface area contributed by atoms with E-state index in [9.17, 15) is 4.39 Å². The van der Waals surface area contributed by atoms with Crippen LogP contribution in [-0.2, 0) is 0 Å². The Morgan fingerprint density at radius 1 is 1.58 bits per heavy atom. The van der Waals surface area contributed by atoms with E-state index >= 15 is 0 Å². The Morgan fingerprint density at radius 3 is 3.00 bits per heavy atom. The van der Waals surface area contributed by atoms with Crippen LogP contribution in [0.4, 0.5) is 10.1 Å². The lowest BCUT2D eigenvalue weighted by Gasteiger charge is -1.99. The molecule has 0 fully saturated rings. The molecule has 0 aliphatic rings. The summed E-state index contributed by atoms with van der Waals surface area (Å²) in [6, 6.07) is 4.58. The van der Waals surface area contributed by atoms with E-state index < -0.39 is 0 Å². The Bertz CT molecular complexity index is 299. The van der Waals surface area contributed by atoms with E-state index in [2.05, 4.69) is 4.99 Å². The van der Waals surface area contributed by atoms with Crippen molar-refractivity contribution in [3.05, 3.63) is 29.6 Å². The molecule has 12 heavy (non-hydrogen) atoms. The highest BCUT2D eigenvalue weighted by atomic mass is 19.1. The van der Waals surface area contributed by atoms with Gasteiger partial charge in [-0.25, -0.2) is 9.38 Å². The first-order chi connectivity index (χ1) is 5.75. The maximum atomic E-state index is 12.8. The minimum Gasteiger partial charge on any atom is -0.290 e. The Morgan fingerprint density at radius 2 is 2.33 bits per heavy atom. The Labute approximate surface area is 69.5 Å². The molecule has 0 aliphatic heterocycles. The third kappa shape index (κ3) is 1.79. The second-order valence-corrected chi connectivity index (χ2v) is 2.27. The molecule has 4 heteroatoms. The number of aliphatic imine (C=N–C) groups is 1. The molecule has 3 nitrogen and oxygen atoms in total. The van der Waals surface area contributed by atoms with Crippen molar-refractivity contribution in [2.45, 2.75) is 6.92 Å². The van der Waals surface area contributed by atoms with Gasteiger partial charge in [0, 0.05) is 5.56 Å². The number of hydrogen-bond donors (Lipinski definition) is 2. The fourth-order valence-corrected chi connectivity index (χ4v) is 0.834. The van der Waals surface area contributed by atoms with Crippen molar-refractivity contribution < 1.29 is 9.60 Å². The number of benzene rings is 1. The number of halogens is 1. The zero-order chi connectivity index (χ0) is 8.97. The van der Waals surface area contributed by atoms with Gasteiger partial charge in [-0.1, -0.05) is 6.07 Å². The predicted molar refractivity (Wildman–Crippen MR) is 44.2 cm³/mol. The molecule has 0 aromatic heterocycles. The van der Waals surface area contributed by atoms with Gasteiger partial charge in [-0.15, -0.1) is 0 Å². The van der Waals surface area contributed by atoms with Crippen LogP contribution in [0.5, 0.6) is 0 Å². The summed E-state index contributed by atoms with van der Waals surface area (Å²) in [5, 5.41) is 8.19. The standard InChI is InChI=1S/C8H9FN2O/c1-6-7(9)3-2-4-8(6)10-5-11-12/h2-5,12H,1H3,(H,10,11). The van der Waals surface area contributed by atoms with Gasteiger partial charge in [0.25, 0.3) is 0 Å². The normalized spacial score (nSPS) is 10.6. The molecule has 2 N–H and O–H groups in total. The monoisotopic (exact) mass is 168 g/mol. The van der Waals surface area contributed by atoms with Crippen LogP contribution in [0.2, 0.25) is 0 Å². The first-order valence-electron chi connectivity index (χ1n) is 3.43. The topological polar surface area (TPSA) is 44.6 Å². The van der Waals surface area contributed by atoms with Crippen LogP contribution in [0.25, 0.3) is 0 Å². The zero-order valence-corrected chi connectivity index (χ0v) is 6.58. The molecule has 0 amide bonds. The van der Waals surface area contributed by atoms with Gasteiger partial charge in [0.05, 0.1) is 5.69 Å². The molecular weight excluding hydrogens is 159 g/mol. The predicted octanol–water partition coefficient (Wildman–Crippen LogP) is 1.77. The van der Waals surface area contributed by atoms with Gasteiger partial charge in [0.1, 0.15) is 12.2 Å². The van der Waals surface area contributed by atoms with E-state index in [4.69, 9.17) is 5.21 Å². The fourth-order valence-electron chi connectivity index (χ4n) is 0.834. The molecule has 0 saturated heterocycles. The first-order valence-corrected chi connectivity index (χ1v) is 3.43. The highest BCUT2D eigenvalue weighted by molar-refractivity contribution is 5.61. The SMILES string of the molecule is Cc1c(F)cccc1N=CNO. The lowest BCUT2D eigenvalue weighted by molar-refractivity contribution is 0.240. The van der Waals surface area contributed by atoms with Gasteiger partial charge < -0.3 is 0 Å². The van der Waals surface area contributed by atoms with Gasteiger partial charge in [0.15, 0.2) is 0 Å². The number of hydrogen-bond acceptors (Lipinski definition) is 2. The number of rotatable bonds is 2. The number of nitrogens with zero attached hydrogens (tertiary/aromatic N) is 1. The molecular formula is C8H9FN2O. The van der Waals surface area contributed by atoms with Crippen LogP contribution >= 0.6 is 0 Å². The van der Waals surface area contributed by atoms with Crippen molar-refractivity contribution in [3.8, 4) is 0 Å². The van der Waals surface area contributed by atoms with Crippen LogP contribution in [0.3, 0.4) is 0 Å². The summed E-state index contributed by atoms with van der Waals surface area (Å²) in [4.78, 5) is 3.76. The van der Waals surface area contributed by atoms with Crippen molar-refractivity contribution in [2.24, 2.45) is 4.99 Å².